The minimum atomic E-state index is -0.0673. The Balaban J connectivity index is 2.98. The molecule has 5 nitrogen and oxygen atoms in total. The van der Waals surface area contributed by atoms with Gasteiger partial charge in [0.15, 0.2) is 0 Å². The first-order chi connectivity index (χ1) is 23.4. The van der Waals surface area contributed by atoms with E-state index in [1.807, 2.05) is 0 Å². The number of ether oxygens (including phenoxy) is 2. The van der Waals surface area contributed by atoms with E-state index in [-0.39, 0.29) is 23.8 Å². The van der Waals surface area contributed by atoms with Gasteiger partial charge in [-0.15, -0.1) is 0 Å². The van der Waals surface area contributed by atoms with E-state index in [9.17, 15) is 9.59 Å². The molecular formula is C43H75NO4. The lowest BCUT2D eigenvalue weighted by Crippen LogP contribution is -2.21. The number of esters is 2. The van der Waals surface area contributed by atoms with Crippen molar-refractivity contribution in [3.63, 3.8) is 0 Å². The molecule has 2 unspecified atom stereocenters. The Morgan fingerprint density at radius 3 is 1.60 bits per heavy atom. The van der Waals surface area contributed by atoms with Gasteiger partial charge in [0.2, 0.25) is 0 Å². The molecule has 1 rings (SSSR count). The highest BCUT2D eigenvalue weighted by Crippen LogP contribution is 2.33. The molecule has 5 heteroatoms. The van der Waals surface area contributed by atoms with E-state index in [0.29, 0.717) is 26.1 Å². The Bertz CT molecular complexity index is 888. The summed E-state index contributed by atoms with van der Waals surface area (Å²) in [6.45, 7) is 13.6. The zero-order chi connectivity index (χ0) is 35.1. The Kier molecular flexibility index (Phi) is 28.4. The van der Waals surface area contributed by atoms with Crippen LogP contribution >= 0.6 is 0 Å². The van der Waals surface area contributed by atoms with Crippen molar-refractivity contribution in [2.45, 2.75) is 181 Å². The van der Waals surface area contributed by atoms with Gasteiger partial charge in [0, 0.05) is 12.8 Å². The Morgan fingerprint density at radius 2 is 1.15 bits per heavy atom. The first kappa shape index (κ1) is 44.0. The average molecular weight is 670 g/mol. The van der Waals surface area contributed by atoms with Crippen LogP contribution in [0.2, 0.25) is 0 Å². The summed E-state index contributed by atoms with van der Waals surface area (Å²) >= 11 is 0. The quantitative estimate of drug-likeness (QED) is 0.118. The smallest absolute Gasteiger partial charge is 0.305 e. The number of hydrogen-bond acceptors (Lipinski definition) is 5. The van der Waals surface area contributed by atoms with Gasteiger partial charge in [0.05, 0.1) is 13.2 Å². The van der Waals surface area contributed by atoms with Crippen LogP contribution in [0.5, 0.6) is 0 Å². The first-order valence-electron chi connectivity index (χ1n) is 20.3. The maximum Gasteiger partial charge on any atom is 0.305 e. The minimum absolute atomic E-state index is 0.0673. The van der Waals surface area contributed by atoms with Crippen LogP contribution in [0, 0.1) is 17.8 Å². The number of cyclic esters (lactones) is 2. The van der Waals surface area contributed by atoms with Crippen LogP contribution in [-0.4, -0.2) is 50.2 Å². The average Bonchev–Trinajstić information content (AvgIpc) is 3.08. The normalized spacial score (nSPS) is 22.6. The molecule has 2 atom stereocenters. The standard InChI is InChI=1S/C43H75NO4/c1-6-10-19-27-39-33-36-47-42(45)30-23-17-13-15-21-25-38(32-35-44(5)9-4)26-22-16-14-18-24-31-43(46)48-37-34-40(28-20-11-7-2)41(39)29-12-8-3/h38-40H,3,6-7,9-11,13-28,30-37H2,1-2,4-5H3. The van der Waals surface area contributed by atoms with E-state index in [1.165, 1.54) is 82.7 Å². The van der Waals surface area contributed by atoms with Gasteiger partial charge in [0.25, 0.3) is 0 Å². The molecule has 0 spiro atoms. The highest BCUT2D eigenvalue weighted by atomic mass is 16.5. The molecule has 276 valence electrons. The zero-order valence-corrected chi connectivity index (χ0v) is 32.0. The summed E-state index contributed by atoms with van der Waals surface area (Å²) in [6.07, 6.45) is 27.1. The van der Waals surface area contributed by atoms with E-state index in [4.69, 9.17) is 9.47 Å². The van der Waals surface area contributed by atoms with E-state index in [0.717, 1.165) is 89.5 Å². The number of unbranched alkanes of at least 4 members (excludes halogenated alkanes) is 4. The van der Waals surface area contributed by atoms with E-state index in [2.05, 4.69) is 56.5 Å². The van der Waals surface area contributed by atoms with Crippen molar-refractivity contribution in [3.8, 4) is 0 Å². The Labute approximate surface area is 297 Å². The molecular weight excluding hydrogens is 594 g/mol. The maximum atomic E-state index is 12.7. The number of carbonyl (C=O) groups excluding carboxylic acids is 2. The van der Waals surface area contributed by atoms with E-state index < -0.39 is 0 Å². The summed E-state index contributed by atoms with van der Waals surface area (Å²) in [5.74, 6) is 1.16. The predicted molar refractivity (Wildman–Crippen MR) is 202 cm³/mol. The Hall–Kier alpha value is -2.02. The number of hydrogen-bond donors (Lipinski definition) is 0. The van der Waals surface area contributed by atoms with Crippen molar-refractivity contribution in [2.75, 3.05) is 33.4 Å². The second kappa shape index (κ2) is 31.0. The highest BCUT2D eigenvalue weighted by molar-refractivity contribution is 5.69. The summed E-state index contributed by atoms with van der Waals surface area (Å²) in [5.41, 5.74) is 10.5. The van der Waals surface area contributed by atoms with Crippen LogP contribution in [0.1, 0.15) is 181 Å². The third-order valence-electron chi connectivity index (χ3n) is 10.4. The topological polar surface area (TPSA) is 55.8 Å². The summed E-state index contributed by atoms with van der Waals surface area (Å²) in [5, 5.41) is 0. The zero-order valence-electron chi connectivity index (χ0n) is 32.0. The van der Waals surface area contributed by atoms with Crippen molar-refractivity contribution in [2.24, 2.45) is 17.8 Å². The number of nitrogens with zero attached hydrogens (tertiary/aromatic N) is 1. The van der Waals surface area contributed by atoms with Gasteiger partial charge in [-0.2, -0.15) is 0 Å². The van der Waals surface area contributed by atoms with Crippen LogP contribution in [0.25, 0.3) is 0 Å². The van der Waals surface area contributed by atoms with Crippen molar-refractivity contribution in [1.82, 2.24) is 4.90 Å². The van der Waals surface area contributed by atoms with Crippen molar-refractivity contribution < 1.29 is 19.1 Å². The fourth-order valence-corrected chi connectivity index (χ4v) is 7.08. The van der Waals surface area contributed by atoms with Crippen LogP contribution in [0.15, 0.2) is 29.3 Å². The largest absolute Gasteiger partial charge is 0.466 e. The first-order valence-corrected chi connectivity index (χ1v) is 20.3. The lowest BCUT2D eigenvalue weighted by molar-refractivity contribution is -0.144. The lowest BCUT2D eigenvalue weighted by Gasteiger charge is -2.26. The summed E-state index contributed by atoms with van der Waals surface area (Å²) in [6, 6.07) is 0. The SMILES string of the molecule is C=C=C=C=C1C(CCCCC)CCOC(=O)CCCCCCCC(CCN(C)CC)CCCCCCCC(=O)OCCC1CCCCC. The molecule has 1 aliphatic heterocycles. The predicted octanol–water partition coefficient (Wildman–Crippen LogP) is 11.7. The van der Waals surface area contributed by atoms with Crippen LogP contribution < -0.4 is 0 Å². The molecule has 0 radical (unpaired) electrons. The molecule has 1 fully saturated rings. The molecule has 0 saturated carbocycles. The summed E-state index contributed by atoms with van der Waals surface area (Å²) in [4.78, 5) is 27.8. The van der Waals surface area contributed by atoms with E-state index >= 15 is 0 Å². The molecule has 0 N–H and O–H groups in total. The second-order valence-electron chi connectivity index (χ2n) is 14.4. The molecule has 0 aromatic rings. The molecule has 0 aromatic heterocycles. The van der Waals surface area contributed by atoms with Crippen molar-refractivity contribution in [3.05, 3.63) is 29.3 Å². The number of rotatable bonds is 12. The number of allylic oxidation sites excluding steroid dienone is 1. The van der Waals surface area contributed by atoms with Gasteiger partial charge in [-0.25, -0.2) is 0 Å². The maximum absolute atomic E-state index is 12.7. The summed E-state index contributed by atoms with van der Waals surface area (Å²) in [7, 11) is 2.23. The minimum Gasteiger partial charge on any atom is -0.466 e. The molecule has 0 aliphatic carbocycles. The highest BCUT2D eigenvalue weighted by Gasteiger charge is 2.24. The molecule has 0 bridgehead atoms. The van der Waals surface area contributed by atoms with Gasteiger partial charge in [-0.05, 0) is 101 Å². The van der Waals surface area contributed by atoms with Crippen molar-refractivity contribution >= 4 is 11.9 Å². The molecule has 1 saturated heterocycles. The van der Waals surface area contributed by atoms with Crippen molar-refractivity contribution in [1.29, 1.82) is 0 Å². The van der Waals surface area contributed by atoms with Crippen LogP contribution in [0.3, 0.4) is 0 Å². The third kappa shape index (κ3) is 23.4. The van der Waals surface area contributed by atoms with Gasteiger partial charge < -0.3 is 14.4 Å². The number of carbonyl (C=O) groups is 2. The fourth-order valence-electron chi connectivity index (χ4n) is 7.08. The third-order valence-corrected chi connectivity index (χ3v) is 10.4. The van der Waals surface area contributed by atoms with Crippen LogP contribution in [0.4, 0.5) is 0 Å². The lowest BCUT2D eigenvalue weighted by atomic mass is 9.79. The van der Waals surface area contributed by atoms with Gasteiger partial charge >= 0.3 is 11.9 Å². The molecule has 0 aromatic carbocycles. The van der Waals surface area contributed by atoms with E-state index in [1.54, 1.807) is 0 Å². The molecule has 0 amide bonds. The second-order valence-corrected chi connectivity index (χ2v) is 14.4. The van der Waals surface area contributed by atoms with Gasteiger partial charge in [0.1, 0.15) is 0 Å². The van der Waals surface area contributed by atoms with Crippen LogP contribution in [-0.2, 0) is 19.1 Å². The monoisotopic (exact) mass is 670 g/mol. The molecule has 1 aliphatic rings. The van der Waals surface area contributed by atoms with Gasteiger partial charge in [-0.1, -0.05) is 135 Å². The molecule has 1 heterocycles. The fraction of sp³-hybridized carbons (Fsp3) is 0.837. The summed E-state index contributed by atoms with van der Waals surface area (Å²) < 4.78 is 11.6. The molecule has 48 heavy (non-hydrogen) atoms. The van der Waals surface area contributed by atoms with Gasteiger partial charge in [-0.3, -0.25) is 9.59 Å². The Morgan fingerprint density at radius 1 is 0.667 bits per heavy atom.